The number of nitrogens with one attached hydrogen (secondary N) is 2. The molecule has 0 saturated carbocycles. The van der Waals surface area contributed by atoms with Gasteiger partial charge < -0.3 is 15.4 Å². The molecule has 7 heteroatoms. The van der Waals surface area contributed by atoms with E-state index in [1.165, 1.54) is 6.20 Å². The number of amides is 1. The second kappa shape index (κ2) is 7.16. The highest BCUT2D eigenvalue weighted by molar-refractivity contribution is 5.92. The van der Waals surface area contributed by atoms with E-state index in [0.29, 0.717) is 11.5 Å². The van der Waals surface area contributed by atoms with Gasteiger partial charge in [0.2, 0.25) is 0 Å². The molecule has 2 heterocycles. The SMILES string of the molecule is CNc1cnc(C(=O)NC(C)CN2CCOCC2)cn1. The normalized spacial score (nSPS) is 17.5. The van der Waals surface area contributed by atoms with Crippen molar-refractivity contribution in [1.82, 2.24) is 20.2 Å². The molecule has 1 amide bonds. The number of carbonyl (C=O) groups is 1. The minimum absolute atomic E-state index is 0.0615. The summed E-state index contributed by atoms with van der Waals surface area (Å²) < 4.78 is 5.30. The molecule has 0 aliphatic carbocycles. The monoisotopic (exact) mass is 279 g/mol. The predicted molar refractivity (Wildman–Crippen MR) is 75.8 cm³/mol. The van der Waals surface area contributed by atoms with Gasteiger partial charge in [-0.25, -0.2) is 9.97 Å². The molecule has 2 N–H and O–H groups in total. The largest absolute Gasteiger partial charge is 0.379 e. The molecule has 1 aromatic rings. The Labute approximate surface area is 118 Å². The Morgan fingerprint density at radius 1 is 1.40 bits per heavy atom. The van der Waals surface area contributed by atoms with Gasteiger partial charge in [0, 0.05) is 32.7 Å². The molecule has 1 aliphatic rings. The highest BCUT2D eigenvalue weighted by atomic mass is 16.5. The van der Waals surface area contributed by atoms with Crippen molar-refractivity contribution in [3.63, 3.8) is 0 Å². The Bertz CT molecular complexity index is 431. The molecule has 1 unspecified atom stereocenters. The summed E-state index contributed by atoms with van der Waals surface area (Å²) in [6, 6.07) is 0.0615. The number of rotatable bonds is 5. The molecule has 2 rings (SSSR count). The van der Waals surface area contributed by atoms with Crippen molar-refractivity contribution in [3.05, 3.63) is 18.1 Å². The van der Waals surface area contributed by atoms with Crippen molar-refractivity contribution in [2.24, 2.45) is 0 Å². The molecule has 1 aliphatic heterocycles. The van der Waals surface area contributed by atoms with Gasteiger partial charge in [0.25, 0.3) is 5.91 Å². The molecule has 20 heavy (non-hydrogen) atoms. The molecule has 110 valence electrons. The first-order chi connectivity index (χ1) is 9.69. The van der Waals surface area contributed by atoms with E-state index in [0.717, 1.165) is 32.8 Å². The Kier molecular flexibility index (Phi) is 5.25. The van der Waals surface area contributed by atoms with Crippen molar-refractivity contribution in [3.8, 4) is 0 Å². The summed E-state index contributed by atoms with van der Waals surface area (Å²) in [7, 11) is 1.76. The van der Waals surface area contributed by atoms with E-state index in [4.69, 9.17) is 4.74 Å². The zero-order valence-electron chi connectivity index (χ0n) is 11.9. The summed E-state index contributed by atoms with van der Waals surface area (Å²) in [4.78, 5) is 22.5. The van der Waals surface area contributed by atoms with Gasteiger partial charge in [0.15, 0.2) is 0 Å². The number of carbonyl (C=O) groups excluding carboxylic acids is 1. The Balaban J connectivity index is 1.82. The number of aromatic nitrogens is 2. The van der Waals surface area contributed by atoms with E-state index in [-0.39, 0.29) is 11.9 Å². The molecule has 1 fully saturated rings. The van der Waals surface area contributed by atoms with Gasteiger partial charge in [0.05, 0.1) is 25.6 Å². The van der Waals surface area contributed by atoms with E-state index < -0.39 is 0 Å². The van der Waals surface area contributed by atoms with Crippen LogP contribution in [0.2, 0.25) is 0 Å². The number of morpholine rings is 1. The summed E-state index contributed by atoms with van der Waals surface area (Å²) in [6.45, 7) is 6.16. The first-order valence-electron chi connectivity index (χ1n) is 6.80. The fraction of sp³-hybridized carbons (Fsp3) is 0.615. The van der Waals surface area contributed by atoms with Gasteiger partial charge >= 0.3 is 0 Å². The lowest BCUT2D eigenvalue weighted by Crippen LogP contribution is -2.46. The van der Waals surface area contributed by atoms with Gasteiger partial charge in [-0.2, -0.15) is 0 Å². The van der Waals surface area contributed by atoms with Crippen molar-refractivity contribution in [1.29, 1.82) is 0 Å². The first kappa shape index (κ1) is 14.7. The third-order valence-corrected chi connectivity index (χ3v) is 3.15. The van der Waals surface area contributed by atoms with Crippen LogP contribution in [-0.2, 0) is 4.74 Å². The highest BCUT2D eigenvalue weighted by Crippen LogP contribution is 2.02. The zero-order valence-corrected chi connectivity index (χ0v) is 11.9. The van der Waals surface area contributed by atoms with E-state index >= 15 is 0 Å². The topological polar surface area (TPSA) is 79.4 Å². The minimum Gasteiger partial charge on any atom is -0.379 e. The van der Waals surface area contributed by atoms with Crippen LogP contribution in [0.25, 0.3) is 0 Å². The van der Waals surface area contributed by atoms with Crippen LogP contribution in [0, 0.1) is 0 Å². The molecule has 0 aromatic carbocycles. The summed E-state index contributed by atoms with van der Waals surface area (Å²) in [5.74, 6) is 0.448. The van der Waals surface area contributed by atoms with E-state index in [1.807, 2.05) is 6.92 Å². The van der Waals surface area contributed by atoms with Crippen LogP contribution in [0.5, 0.6) is 0 Å². The molecular weight excluding hydrogens is 258 g/mol. The second-order valence-corrected chi connectivity index (χ2v) is 4.82. The van der Waals surface area contributed by atoms with Crippen LogP contribution in [0.15, 0.2) is 12.4 Å². The number of nitrogens with zero attached hydrogens (tertiary/aromatic N) is 3. The number of anilines is 1. The number of hydrogen-bond acceptors (Lipinski definition) is 6. The molecule has 1 saturated heterocycles. The third-order valence-electron chi connectivity index (χ3n) is 3.15. The van der Waals surface area contributed by atoms with Gasteiger partial charge in [-0.05, 0) is 6.92 Å². The summed E-state index contributed by atoms with van der Waals surface area (Å²) in [5.41, 5.74) is 0.331. The van der Waals surface area contributed by atoms with Crippen molar-refractivity contribution < 1.29 is 9.53 Å². The van der Waals surface area contributed by atoms with Crippen LogP contribution in [0.3, 0.4) is 0 Å². The Morgan fingerprint density at radius 3 is 2.75 bits per heavy atom. The lowest BCUT2D eigenvalue weighted by molar-refractivity contribution is 0.0342. The summed E-state index contributed by atoms with van der Waals surface area (Å²) in [5, 5.41) is 5.80. The van der Waals surface area contributed by atoms with Crippen LogP contribution in [-0.4, -0.2) is 66.7 Å². The maximum atomic E-state index is 12.0. The van der Waals surface area contributed by atoms with Crippen molar-refractivity contribution in [2.75, 3.05) is 45.2 Å². The first-order valence-corrected chi connectivity index (χ1v) is 6.80. The lowest BCUT2D eigenvalue weighted by Gasteiger charge is -2.29. The number of hydrogen-bond donors (Lipinski definition) is 2. The standard InChI is InChI=1S/C13H21N5O2/c1-10(9-18-3-5-20-6-4-18)17-13(19)11-7-16-12(14-2)8-15-11/h7-8,10H,3-6,9H2,1-2H3,(H,14,16)(H,17,19). The van der Waals surface area contributed by atoms with Crippen LogP contribution in [0.1, 0.15) is 17.4 Å². The summed E-state index contributed by atoms with van der Waals surface area (Å²) >= 11 is 0. The zero-order chi connectivity index (χ0) is 14.4. The van der Waals surface area contributed by atoms with Gasteiger partial charge in [-0.15, -0.1) is 0 Å². The molecule has 1 aromatic heterocycles. The van der Waals surface area contributed by atoms with E-state index in [2.05, 4.69) is 25.5 Å². The minimum atomic E-state index is -0.194. The molecule has 1 atom stereocenters. The molecular formula is C13H21N5O2. The van der Waals surface area contributed by atoms with E-state index in [9.17, 15) is 4.79 Å². The highest BCUT2D eigenvalue weighted by Gasteiger charge is 2.16. The summed E-state index contributed by atoms with van der Waals surface area (Å²) in [6.07, 6.45) is 3.02. The Morgan fingerprint density at radius 2 is 2.15 bits per heavy atom. The van der Waals surface area contributed by atoms with Gasteiger partial charge in [0.1, 0.15) is 11.5 Å². The maximum absolute atomic E-state index is 12.0. The van der Waals surface area contributed by atoms with E-state index in [1.54, 1.807) is 13.2 Å². The van der Waals surface area contributed by atoms with Crippen molar-refractivity contribution in [2.45, 2.75) is 13.0 Å². The molecule has 7 nitrogen and oxygen atoms in total. The average Bonchev–Trinajstić information content (AvgIpc) is 2.48. The maximum Gasteiger partial charge on any atom is 0.271 e. The van der Waals surface area contributed by atoms with Crippen LogP contribution < -0.4 is 10.6 Å². The quantitative estimate of drug-likeness (QED) is 0.788. The molecule has 0 radical (unpaired) electrons. The lowest BCUT2D eigenvalue weighted by atomic mass is 10.2. The second-order valence-electron chi connectivity index (χ2n) is 4.82. The molecule has 0 bridgehead atoms. The van der Waals surface area contributed by atoms with Crippen molar-refractivity contribution >= 4 is 11.7 Å². The predicted octanol–water partition coefficient (Wildman–Crippen LogP) is -0.0312. The fourth-order valence-corrected chi connectivity index (χ4v) is 2.09. The molecule has 0 spiro atoms. The average molecular weight is 279 g/mol. The Hall–Kier alpha value is -1.73. The van der Waals surface area contributed by atoms with Crippen LogP contribution >= 0.6 is 0 Å². The van der Waals surface area contributed by atoms with Gasteiger partial charge in [-0.3, -0.25) is 9.69 Å². The third kappa shape index (κ3) is 4.14. The fourth-order valence-electron chi connectivity index (χ4n) is 2.09. The van der Waals surface area contributed by atoms with Crippen LogP contribution in [0.4, 0.5) is 5.82 Å². The van der Waals surface area contributed by atoms with Gasteiger partial charge in [-0.1, -0.05) is 0 Å². The smallest absolute Gasteiger partial charge is 0.271 e. The number of ether oxygens (including phenoxy) is 1.